The molecule has 1 aromatic carbocycles. The van der Waals surface area contributed by atoms with Gasteiger partial charge in [0.1, 0.15) is 5.82 Å². The summed E-state index contributed by atoms with van der Waals surface area (Å²) in [4.78, 5) is 24.0. The normalized spacial score (nSPS) is 15.8. The number of amides is 1. The minimum atomic E-state index is -0.429. The van der Waals surface area contributed by atoms with Crippen LogP contribution in [-0.4, -0.2) is 25.3 Å². The van der Waals surface area contributed by atoms with Gasteiger partial charge in [-0.05, 0) is 18.2 Å². The van der Waals surface area contributed by atoms with Crippen LogP contribution in [0.25, 0.3) is 0 Å². The van der Waals surface area contributed by atoms with Crippen LogP contribution in [-0.2, 0) is 9.59 Å². The number of benzene rings is 1. The lowest BCUT2D eigenvalue weighted by atomic mass is 10.2. The van der Waals surface area contributed by atoms with E-state index in [1.165, 1.54) is 17.0 Å². The number of nitrogens with zero attached hydrogens (tertiary/aromatic N) is 1. The van der Waals surface area contributed by atoms with Gasteiger partial charge in [0, 0.05) is 7.05 Å². The van der Waals surface area contributed by atoms with Crippen LogP contribution >= 0.6 is 0 Å². The van der Waals surface area contributed by atoms with Gasteiger partial charge in [-0.15, -0.1) is 0 Å². The highest BCUT2D eigenvalue weighted by Gasteiger charge is 2.30. The molecule has 1 saturated heterocycles. The van der Waals surface area contributed by atoms with E-state index in [1.807, 2.05) is 0 Å². The molecule has 0 atom stereocenters. The summed E-state index contributed by atoms with van der Waals surface area (Å²) in [5.41, 5.74) is 1.04. The molecule has 1 fully saturated rings. The number of carbonyl (C=O) groups excluding carboxylic acids is 2. The Kier molecular flexibility index (Phi) is 2.60. The first-order chi connectivity index (χ1) is 7.61. The summed E-state index contributed by atoms with van der Waals surface area (Å²) in [7, 11) is 1.68. The van der Waals surface area contributed by atoms with Gasteiger partial charge >= 0.3 is 0 Å². The first-order valence-electron chi connectivity index (χ1n) is 4.91. The molecule has 4 nitrogen and oxygen atoms in total. The third kappa shape index (κ3) is 1.76. The predicted octanol–water partition coefficient (Wildman–Crippen LogP) is 1.17. The van der Waals surface area contributed by atoms with E-state index >= 15 is 0 Å². The van der Waals surface area contributed by atoms with Crippen molar-refractivity contribution in [2.45, 2.75) is 6.42 Å². The molecule has 0 unspecified atom stereocenters. The molecular formula is C11H11FN2O2. The van der Waals surface area contributed by atoms with Crippen LogP contribution in [0.2, 0.25) is 0 Å². The summed E-state index contributed by atoms with van der Waals surface area (Å²) < 4.78 is 13.1. The third-order valence-corrected chi connectivity index (χ3v) is 2.50. The van der Waals surface area contributed by atoms with E-state index in [2.05, 4.69) is 5.32 Å². The molecular weight excluding hydrogens is 211 g/mol. The molecule has 1 N–H and O–H groups in total. The summed E-state index contributed by atoms with van der Waals surface area (Å²) in [5, 5.41) is 2.86. The van der Waals surface area contributed by atoms with Crippen LogP contribution in [0.3, 0.4) is 0 Å². The lowest BCUT2D eigenvalue weighted by Crippen LogP contribution is -2.25. The zero-order valence-corrected chi connectivity index (χ0v) is 8.79. The van der Waals surface area contributed by atoms with Crippen molar-refractivity contribution in [1.29, 1.82) is 0 Å². The van der Waals surface area contributed by atoms with Crippen molar-refractivity contribution in [3.05, 3.63) is 24.0 Å². The van der Waals surface area contributed by atoms with Crippen LogP contribution in [0.1, 0.15) is 6.42 Å². The van der Waals surface area contributed by atoms with E-state index in [-0.39, 0.29) is 24.7 Å². The summed E-state index contributed by atoms with van der Waals surface area (Å²) in [6, 6.07) is 4.10. The van der Waals surface area contributed by atoms with Gasteiger partial charge in [0.15, 0.2) is 5.78 Å². The molecule has 84 valence electrons. The Balaban J connectivity index is 2.42. The Morgan fingerprint density at radius 2 is 2.12 bits per heavy atom. The van der Waals surface area contributed by atoms with E-state index in [9.17, 15) is 14.0 Å². The van der Waals surface area contributed by atoms with Gasteiger partial charge in [-0.3, -0.25) is 9.59 Å². The minimum absolute atomic E-state index is 0.0248. The van der Waals surface area contributed by atoms with Gasteiger partial charge < -0.3 is 10.2 Å². The number of Topliss-reactive ketones (excluding diaryl/α,β-unsaturated/α-hetero) is 1. The van der Waals surface area contributed by atoms with Gasteiger partial charge in [-0.2, -0.15) is 0 Å². The van der Waals surface area contributed by atoms with E-state index in [1.54, 1.807) is 13.1 Å². The number of anilines is 2. The maximum Gasteiger partial charge on any atom is 0.234 e. The van der Waals surface area contributed by atoms with Crippen LogP contribution < -0.4 is 10.2 Å². The van der Waals surface area contributed by atoms with Gasteiger partial charge in [0.2, 0.25) is 5.91 Å². The Labute approximate surface area is 92.0 Å². The lowest BCUT2D eigenvalue weighted by Gasteiger charge is -2.18. The number of halogens is 1. The highest BCUT2D eigenvalue weighted by molar-refractivity contribution is 6.16. The highest BCUT2D eigenvalue weighted by Crippen LogP contribution is 2.29. The Hall–Kier alpha value is -1.91. The number of nitrogens with one attached hydrogen (secondary N) is 1. The van der Waals surface area contributed by atoms with Crippen molar-refractivity contribution < 1.29 is 14.0 Å². The summed E-state index contributed by atoms with van der Waals surface area (Å²) in [6.07, 6.45) is -0.0976. The van der Waals surface area contributed by atoms with E-state index in [4.69, 9.17) is 0 Å². The van der Waals surface area contributed by atoms with Gasteiger partial charge in [0.25, 0.3) is 0 Å². The number of hydrogen-bond acceptors (Lipinski definition) is 3. The maximum absolute atomic E-state index is 13.1. The summed E-state index contributed by atoms with van der Waals surface area (Å²) in [6.45, 7) is 0.0248. The number of rotatable bonds is 2. The van der Waals surface area contributed by atoms with Crippen molar-refractivity contribution in [2.24, 2.45) is 0 Å². The third-order valence-electron chi connectivity index (χ3n) is 2.50. The van der Waals surface area contributed by atoms with Crippen molar-refractivity contribution >= 4 is 23.1 Å². The number of ketones is 1. The molecule has 0 bridgehead atoms. The Morgan fingerprint density at radius 1 is 1.38 bits per heavy atom. The van der Waals surface area contributed by atoms with E-state index < -0.39 is 5.82 Å². The molecule has 0 aromatic heterocycles. The van der Waals surface area contributed by atoms with Crippen molar-refractivity contribution in [3.8, 4) is 0 Å². The first kappa shape index (κ1) is 10.6. The molecule has 0 aliphatic carbocycles. The van der Waals surface area contributed by atoms with E-state index in [0.717, 1.165) is 0 Å². The second-order valence-corrected chi connectivity index (χ2v) is 3.61. The lowest BCUT2D eigenvalue weighted by molar-refractivity contribution is -0.121. The molecule has 5 heteroatoms. The minimum Gasteiger partial charge on any atom is -0.386 e. The Bertz CT molecular complexity index is 459. The highest BCUT2D eigenvalue weighted by atomic mass is 19.1. The maximum atomic E-state index is 13.1. The number of carbonyl (C=O) groups is 2. The average Bonchev–Trinajstić information content (AvgIpc) is 2.57. The second-order valence-electron chi connectivity index (χ2n) is 3.61. The monoisotopic (exact) mass is 222 g/mol. The molecule has 1 aliphatic heterocycles. The summed E-state index contributed by atoms with van der Waals surface area (Å²) in [5.74, 6) is -0.857. The molecule has 0 radical (unpaired) electrons. The van der Waals surface area contributed by atoms with Crippen molar-refractivity contribution in [3.63, 3.8) is 0 Å². The molecule has 1 aliphatic rings. The van der Waals surface area contributed by atoms with Crippen molar-refractivity contribution in [2.75, 3.05) is 23.8 Å². The predicted molar refractivity (Wildman–Crippen MR) is 57.9 cm³/mol. The molecule has 1 amide bonds. The fraction of sp³-hybridized carbons (Fsp3) is 0.273. The molecule has 2 rings (SSSR count). The summed E-state index contributed by atoms with van der Waals surface area (Å²) >= 11 is 0. The van der Waals surface area contributed by atoms with Gasteiger partial charge in [-0.1, -0.05) is 0 Å². The molecule has 0 spiro atoms. The fourth-order valence-electron chi connectivity index (χ4n) is 1.74. The zero-order chi connectivity index (χ0) is 11.7. The van der Waals surface area contributed by atoms with Crippen LogP contribution in [0.4, 0.5) is 15.8 Å². The second kappa shape index (κ2) is 3.92. The average molecular weight is 222 g/mol. The van der Waals surface area contributed by atoms with Crippen LogP contribution in [0.5, 0.6) is 0 Å². The topological polar surface area (TPSA) is 49.4 Å². The van der Waals surface area contributed by atoms with Gasteiger partial charge in [-0.25, -0.2) is 4.39 Å². The zero-order valence-electron chi connectivity index (χ0n) is 8.79. The molecule has 1 heterocycles. The largest absolute Gasteiger partial charge is 0.386 e. The van der Waals surface area contributed by atoms with Crippen LogP contribution in [0, 0.1) is 5.82 Å². The van der Waals surface area contributed by atoms with Crippen LogP contribution in [0.15, 0.2) is 18.2 Å². The van der Waals surface area contributed by atoms with Gasteiger partial charge in [0.05, 0.1) is 24.3 Å². The quantitative estimate of drug-likeness (QED) is 0.764. The van der Waals surface area contributed by atoms with Crippen molar-refractivity contribution in [1.82, 2.24) is 0 Å². The first-order valence-corrected chi connectivity index (χ1v) is 4.91. The molecule has 16 heavy (non-hydrogen) atoms. The molecule has 1 aromatic rings. The SMILES string of the molecule is CNc1ccc(F)cc1N1CC(=O)CC1=O. The standard InChI is InChI=1S/C11H11FN2O2/c1-13-9-3-2-7(12)4-10(9)14-6-8(15)5-11(14)16/h2-4,13H,5-6H2,1H3. The van der Waals surface area contributed by atoms with E-state index in [0.29, 0.717) is 11.4 Å². The fourth-order valence-corrected chi connectivity index (χ4v) is 1.74. The Morgan fingerprint density at radius 3 is 2.69 bits per heavy atom. The molecule has 0 saturated carbocycles. The smallest absolute Gasteiger partial charge is 0.234 e. The number of hydrogen-bond donors (Lipinski definition) is 1.